The molecule has 1 aliphatic carbocycles. The van der Waals surface area contributed by atoms with Gasteiger partial charge < -0.3 is 10.2 Å². The van der Waals surface area contributed by atoms with Crippen LogP contribution in [0, 0.1) is 11.3 Å². The molecule has 0 unspecified atom stereocenters. The quantitative estimate of drug-likeness (QED) is 0.907. The van der Waals surface area contributed by atoms with Crippen LogP contribution in [0.5, 0.6) is 0 Å². The molecule has 0 bridgehead atoms. The molecule has 1 saturated carbocycles. The number of nitrogens with one attached hydrogen (secondary N) is 1. The Hall–Kier alpha value is -1.24. The smallest absolute Gasteiger partial charge is 0.101 e. The predicted molar refractivity (Wildman–Crippen MR) is 74.9 cm³/mol. The van der Waals surface area contributed by atoms with Gasteiger partial charge in [-0.3, -0.25) is 0 Å². The SMILES string of the molecule is CN(C)C1(CNc2ccc(C#N)c(Cl)c2)CCC1. The molecule has 0 heterocycles. The van der Waals surface area contributed by atoms with Gasteiger partial charge >= 0.3 is 0 Å². The fourth-order valence-electron chi connectivity index (χ4n) is 2.35. The van der Waals surface area contributed by atoms with E-state index < -0.39 is 0 Å². The van der Waals surface area contributed by atoms with Crippen LogP contribution in [0.2, 0.25) is 5.02 Å². The van der Waals surface area contributed by atoms with E-state index in [1.165, 1.54) is 19.3 Å². The van der Waals surface area contributed by atoms with Crippen LogP contribution in [0.4, 0.5) is 5.69 Å². The second kappa shape index (κ2) is 5.17. The molecule has 0 aliphatic heterocycles. The lowest BCUT2D eigenvalue weighted by Gasteiger charge is -2.47. The first kappa shape index (κ1) is 13.2. The van der Waals surface area contributed by atoms with Gasteiger partial charge in [-0.05, 0) is 51.6 Å². The summed E-state index contributed by atoms with van der Waals surface area (Å²) in [6.07, 6.45) is 3.77. The summed E-state index contributed by atoms with van der Waals surface area (Å²) in [5, 5.41) is 12.8. The molecule has 0 atom stereocenters. The average molecular weight is 264 g/mol. The minimum atomic E-state index is 0.278. The molecule has 18 heavy (non-hydrogen) atoms. The van der Waals surface area contributed by atoms with Crippen molar-refractivity contribution in [3.05, 3.63) is 28.8 Å². The lowest BCUT2D eigenvalue weighted by Crippen LogP contribution is -2.54. The molecule has 1 aromatic rings. The largest absolute Gasteiger partial charge is 0.383 e. The number of rotatable bonds is 4. The molecule has 0 amide bonds. The Balaban J connectivity index is 2.02. The van der Waals surface area contributed by atoms with Crippen LogP contribution in [-0.2, 0) is 0 Å². The first-order valence-electron chi connectivity index (χ1n) is 6.18. The van der Waals surface area contributed by atoms with Crippen LogP contribution in [-0.4, -0.2) is 31.1 Å². The third-order valence-electron chi connectivity index (χ3n) is 3.94. The fraction of sp³-hybridized carbons (Fsp3) is 0.500. The molecule has 0 aromatic heterocycles. The molecule has 0 saturated heterocycles. The van der Waals surface area contributed by atoms with Crippen molar-refractivity contribution in [1.82, 2.24) is 4.90 Å². The molecule has 0 spiro atoms. The summed E-state index contributed by atoms with van der Waals surface area (Å²) in [7, 11) is 4.26. The highest BCUT2D eigenvalue weighted by Crippen LogP contribution is 2.36. The molecule has 2 rings (SSSR count). The number of halogens is 1. The summed E-state index contributed by atoms with van der Waals surface area (Å²) in [5.41, 5.74) is 1.78. The van der Waals surface area contributed by atoms with E-state index in [9.17, 15) is 0 Å². The Bertz CT molecular complexity index is 472. The molecule has 1 N–H and O–H groups in total. The van der Waals surface area contributed by atoms with Crippen molar-refractivity contribution in [2.45, 2.75) is 24.8 Å². The minimum Gasteiger partial charge on any atom is -0.383 e. The van der Waals surface area contributed by atoms with Crippen molar-refractivity contribution in [3.8, 4) is 6.07 Å². The van der Waals surface area contributed by atoms with Crippen molar-refractivity contribution >= 4 is 17.3 Å². The number of nitrogens with zero attached hydrogens (tertiary/aromatic N) is 2. The zero-order chi connectivity index (χ0) is 13.2. The second-order valence-corrected chi connectivity index (χ2v) is 5.54. The van der Waals surface area contributed by atoms with Crippen LogP contribution >= 0.6 is 11.6 Å². The maximum atomic E-state index is 8.83. The first-order valence-corrected chi connectivity index (χ1v) is 6.56. The van der Waals surface area contributed by atoms with Gasteiger partial charge in [0.2, 0.25) is 0 Å². The second-order valence-electron chi connectivity index (χ2n) is 5.13. The van der Waals surface area contributed by atoms with E-state index in [1.54, 1.807) is 6.07 Å². The number of anilines is 1. The summed E-state index contributed by atoms with van der Waals surface area (Å²) in [6.45, 7) is 0.919. The minimum absolute atomic E-state index is 0.278. The maximum absolute atomic E-state index is 8.83. The maximum Gasteiger partial charge on any atom is 0.101 e. The molecular formula is C14H18ClN3. The number of hydrogen-bond donors (Lipinski definition) is 1. The number of likely N-dealkylation sites (N-methyl/N-ethyl adjacent to an activating group) is 1. The van der Waals surface area contributed by atoms with Crippen LogP contribution in [0.1, 0.15) is 24.8 Å². The van der Waals surface area contributed by atoms with E-state index in [0.29, 0.717) is 10.6 Å². The highest BCUT2D eigenvalue weighted by Gasteiger charge is 2.38. The van der Waals surface area contributed by atoms with Gasteiger partial charge in [0.05, 0.1) is 10.6 Å². The van der Waals surface area contributed by atoms with Crippen molar-refractivity contribution in [3.63, 3.8) is 0 Å². The van der Waals surface area contributed by atoms with E-state index in [0.717, 1.165) is 12.2 Å². The van der Waals surface area contributed by atoms with Crippen molar-refractivity contribution in [2.75, 3.05) is 26.0 Å². The van der Waals surface area contributed by atoms with Crippen molar-refractivity contribution in [1.29, 1.82) is 5.26 Å². The molecule has 0 radical (unpaired) electrons. The number of benzene rings is 1. The van der Waals surface area contributed by atoms with Crippen LogP contribution in [0.15, 0.2) is 18.2 Å². The van der Waals surface area contributed by atoms with Crippen molar-refractivity contribution < 1.29 is 0 Å². The Morgan fingerprint density at radius 1 is 1.44 bits per heavy atom. The Morgan fingerprint density at radius 2 is 2.17 bits per heavy atom. The summed E-state index contributed by atoms with van der Waals surface area (Å²) in [4.78, 5) is 2.30. The van der Waals surface area contributed by atoms with Gasteiger partial charge in [-0.15, -0.1) is 0 Å². The third kappa shape index (κ3) is 2.45. The number of nitriles is 1. The van der Waals surface area contributed by atoms with Crippen LogP contribution < -0.4 is 5.32 Å². The molecule has 1 aromatic carbocycles. The van der Waals surface area contributed by atoms with E-state index in [-0.39, 0.29) is 5.54 Å². The van der Waals surface area contributed by atoms with Gasteiger partial charge in [0.15, 0.2) is 0 Å². The van der Waals surface area contributed by atoms with E-state index >= 15 is 0 Å². The predicted octanol–water partition coefficient (Wildman–Crippen LogP) is 3.11. The lowest BCUT2D eigenvalue weighted by atomic mass is 9.75. The molecular weight excluding hydrogens is 246 g/mol. The van der Waals surface area contributed by atoms with Gasteiger partial charge in [0.25, 0.3) is 0 Å². The molecule has 3 nitrogen and oxygen atoms in total. The van der Waals surface area contributed by atoms with Gasteiger partial charge in [0, 0.05) is 17.8 Å². The highest BCUT2D eigenvalue weighted by atomic mass is 35.5. The van der Waals surface area contributed by atoms with Gasteiger partial charge in [-0.1, -0.05) is 11.6 Å². The Kier molecular flexibility index (Phi) is 3.79. The topological polar surface area (TPSA) is 39.1 Å². The summed E-state index contributed by atoms with van der Waals surface area (Å²) >= 11 is 6.02. The molecule has 4 heteroatoms. The standard InChI is InChI=1S/C14H18ClN3/c1-18(2)14(6-3-7-14)10-17-12-5-4-11(9-16)13(15)8-12/h4-5,8,17H,3,6-7,10H2,1-2H3. The molecule has 1 aliphatic rings. The highest BCUT2D eigenvalue weighted by molar-refractivity contribution is 6.32. The third-order valence-corrected chi connectivity index (χ3v) is 4.26. The van der Waals surface area contributed by atoms with Crippen LogP contribution in [0.25, 0.3) is 0 Å². The van der Waals surface area contributed by atoms with E-state index in [2.05, 4.69) is 30.4 Å². The fourth-order valence-corrected chi connectivity index (χ4v) is 2.57. The van der Waals surface area contributed by atoms with Gasteiger partial charge in [-0.2, -0.15) is 5.26 Å². The van der Waals surface area contributed by atoms with E-state index in [1.807, 2.05) is 12.1 Å². The Morgan fingerprint density at radius 3 is 2.61 bits per heavy atom. The monoisotopic (exact) mass is 263 g/mol. The van der Waals surface area contributed by atoms with E-state index in [4.69, 9.17) is 16.9 Å². The first-order chi connectivity index (χ1) is 8.57. The summed E-state index contributed by atoms with van der Waals surface area (Å²) in [6, 6.07) is 7.56. The van der Waals surface area contributed by atoms with Crippen molar-refractivity contribution in [2.24, 2.45) is 0 Å². The van der Waals surface area contributed by atoms with Gasteiger partial charge in [-0.25, -0.2) is 0 Å². The normalized spacial score (nSPS) is 17.1. The van der Waals surface area contributed by atoms with Gasteiger partial charge in [0.1, 0.15) is 6.07 Å². The molecule has 1 fully saturated rings. The Labute approximate surface area is 113 Å². The molecule has 96 valence electrons. The summed E-state index contributed by atoms with van der Waals surface area (Å²) < 4.78 is 0. The summed E-state index contributed by atoms with van der Waals surface area (Å²) in [5.74, 6) is 0. The lowest BCUT2D eigenvalue weighted by molar-refractivity contribution is 0.0739. The average Bonchev–Trinajstić information content (AvgIpc) is 2.27. The van der Waals surface area contributed by atoms with Crippen LogP contribution in [0.3, 0.4) is 0 Å². The zero-order valence-corrected chi connectivity index (χ0v) is 11.6. The number of hydrogen-bond acceptors (Lipinski definition) is 3. The zero-order valence-electron chi connectivity index (χ0n) is 10.8.